The van der Waals surface area contributed by atoms with E-state index in [1.54, 1.807) is 13.3 Å². The largest absolute Gasteiger partial charge is 0.493 e. The number of benzene rings is 1. The Morgan fingerprint density at radius 2 is 2.07 bits per heavy atom. The molecule has 2 aromatic heterocycles. The third-order valence-electron chi connectivity index (χ3n) is 4.35. The monoisotopic (exact) mass is 384 g/mol. The number of aromatic nitrogens is 2. The van der Waals surface area contributed by atoms with E-state index in [0.29, 0.717) is 36.0 Å². The summed E-state index contributed by atoms with van der Waals surface area (Å²) < 4.78 is 11.7. The fourth-order valence-corrected chi connectivity index (χ4v) is 4.04. The first-order valence-corrected chi connectivity index (χ1v) is 9.56. The molecule has 0 saturated carbocycles. The lowest BCUT2D eigenvalue weighted by Crippen LogP contribution is -2.36. The summed E-state index contributed by atoms with van der Waals surface area (Å²) in [4.78, 5) is 23.7. The maximum atomic E-state index is 12.4. The molecule has 0 radical (unpaired) electrons. The molecule has 3 heterocycles. The Morgan fingerprint density at radius 3 is 2.81 bits per heavy atom. The van der Waals surface area contributed by atoms with E-state index in [0.717, 1.165) is 29.2 Å². The lowest BCUT2D eigenvalue weighted by Gasteiger charge is -2.28. The fourth-order valence-electron chi connectivity index (χ4n) is 3.03. The maximum Gasteiger partial charge on any atom is 0.230 e. The molecular formula is C19H20N4O3S. The summed E-state index contributed by atoms with van der Waals surface area (Å²) in [6.07, 6.45) is 1.99. The Labute approximate surface area is 160 Å². The minimum atomic E-state index is -0.0971. The number of carbonyl (C=O) groups excluding carboxylic acids is 1. The zero-order valence-electron chi connectivity index (χ0n) is 15.0. The molecular weight excluding hydrogens is 364 g/mol. The van der Waals surface area contributed by atoms with E-state index in [1.807, 2.05) is 30.3 Å². The summed E-state index contributed by atoms with van der Waals surface area (Å²) in [5.41, 5.74) is 1.68. The van der Waals surface area contributed by atoms with Gasteiger partial charge in [-0.1, -0.05) is 41.7 Å². The number of morpholine rings is 1. The van der Waals surface area contributed by atoms with Crippen molar-refractivity contribution in [2.45, 2.75) is 6.42 Å². The number of hydrogen-bond acceptors (Lipinski definition) is 7. The zero-order valence-corrected chi connectivity index (χ0v) is 15.8. The molecule has 0 unspecified atom stereocenters. The van der Waals surface area contributed by atoms with Crippen LogP contribution in [0.25, 0.3) is 10.2 Å². The van der Waals surface area contributed by atoms with Gasteiger partial charge in [0.1, 0.15) is 16.0 Å². The molecule has 1 fully saturated rings. The van der Waals surface area contributed by atoms with Crippen molar-refractivity contribution in [3.05, 3.63) is 42.1 Å². The summed E-state index contributed by atoms with van der Waals surface area (Å²) >= 11 is 1.42. The maximum absolute atomic E-state index is 12.4. The first-order chi connectivity index (χ1) is 13.2. The number of amides is 1. The van der Waals surface area contributed by atoms with Gasteiger partial charge in [0, 0.05) is 13.1 Å². The molecule has 0 spiro atoms. The van der Waals surface area contributed by atoms with E-state index in [1.165, 1.54) is 11.3 Å². The van der Waals surface area contributed by atoms with Gasteiger partial charge in [0.2, 0.25) is 5.91 Å². The SMILES string of the molecule is COc1cnc(N2CCOCC2)c2sc(NC(=O)Cc3ccccc3)nc12. The number of methoxy groups -OCH3 is 1. The predicted molar refractivity (Wildman–Crippen MR) is 106 cm³/mol. The van der Waals surface area contributed by atoms with E-state index in [-0.39, 0.29) is 5.91 Å². The highest BCUT2D eigenvalue weighted by atomic mass is 32.1. The molecule has 0 bridgehead atoms. The Hall–Kier alpha value is -2.71. The van der Waals surface area contributed by atoms with Crippen LogP contribution in [-0.2, 0) is 16.0 Å². The summed E-state index contributed by atoms with van der Waals surface area (Å²) in [5.74, 6) is 1.36. The Bertz CT molecular complexity index is 939. The molecule has 3 aromatic rings. The van der Waals surface area contributed by atoms with Crippen LogP contribution in [-0.4, -0.2) is 49.3 Å². The van der Waals surface area contributed by atoms with Crippen LogP contribution < -0.4 is 15.0 Å². The highest BCUT2D eigenvalue weighted by molar-refractivity contribution is 7.23. The molecule has 1 aromatic carbocycles. The molecule has 4 rings (SSSR count). The van der Waals surface area contributed by atoms with Crippen LogP contribution in [0.4, 0.5) is 10.9 Å². The molecule has 1 N–H and O–H groups in total. The van der Waals surface area contributed by atoms with Crippen molar-refractivity contribution < 1.29 is 14.3 Å². The Balaban J connectivity index is 1.61. The van der Waals surface area contributed by atoms with Gasteiger partial charge in [-0.05, 0) is 5.56 Å². The normalized spacial score (nSPS) is 14.3. The van der Waals surface area contributed by atoms with E-state index < -0.39 is 0 Å². The molecule has 1 saturated heterocycles. The molecule has 1 amide bonds. The molecule has 27 heavy (non-hydrogen) atoms. The van der Waals surface area contributed by atoms with Crippen LogP contribution in [0.15, 0.2) is 36.5 Å². The van der Waals surface area contributed by atoms with Crippen LogP contribution in [0.1, 0.15) is 5.56 Å². The summed E-state index contributed by atoms with van der Waals surface area (Å²) in [6.45, 7) is 2.91. The van der Waals surface area contributed by atoms with E-state index >= 15 is 0 Å². The van der Waals surface area contributed by atoms with Crippen molar-refractivity contribution in [2.75, 3.05) is 43.6 Å². The second kappa shape index (κ2) is 7.89. The average molecular weight is 384 g/mol. The van der Waals surface area contributed by atoms with E-state index in [4.69, 9.17) is 9.47 Å². The number of ether oxygens (including phenoxy) is 2. The van der Waals surface area contributed by atoms with Crippen LogP contribution in [0.5, 0.6) is 5.75 Å². The summed E-state index contributed by atoms with van der Waals surface area (Å²) in [7, 11) is 1.60. The van der Waals surface area contributed by atoms with Gasteiger partial charge >= 0.3 is 0 Å². The van der Waals surface area contributed by atoms with Gasteiger partial charge in [-0.15, -0.1) is 0 Å². The lowest BCUT2D eigenvalue weighted by molar-refractivity contribution is -0.115. The standard InChI is InChI=1S/C19H20N4O3S/c1-25-14-12-20-18(23-7-9-26-10-8-23)17-16(14)22-19(27-17)21-15(24)11-13-5-3-2-4-6-13/h2-6,12H,7-11H2,1H3,(H,21,22,24). The van der Waals surface area contributed by atoms with Crippen molar-refractivity contribution in [2.24, 2.45) is 0 Å². The van der Waals surface area contributed by atoms with Crippen LogP contribution in [0, 0.1) is 0 Å². The van der Waals surface area contributed by atoms with Gasteiger partial charge in [-0.3, -0.25) is 4.79 Å². The number of rotatable bonds is 5. The molecule has 1 aliphatic heterocycles. The number of nitrogens with zero attached hydrogens (tertiary/aromatic N) is 3. The van der Waals surface area contributed by atoms with Gasteiger partial charge in [-0.25, -0.2) is 9.97 Å². The number of anilines is 2. The minimum absolute atomic E-state index is 0.0971. The van der Waals surface area contributed by atoms with Crippen molar-refractivity contribution in [1.29, 1.82) is 0 Å². The highest BCUT2D eigenvalue weighted by Crippen LogP contribution is 2.37. The van der Waals surface area contributed by atoms with Gasteiger partial charge < -0.3 is 19.7 Å². The minimum Gasteiger partial charge on any atom is -0.493 e. The summed E-state index contributed by atoms with van der Waals surface area (Å²) in [5, 5.41) is 3.45. The number of fused-ring (bicyclic) bond motifs is 1. The Morgan fingerprint density at radius 1 is 1.30 bits per heavy atom. The predicted octanol–water partition coefficient (Wildman–Crippen LogP) is 2.72. The molecule has 7 nitrogen and oxygen atoms in total. The van der Waals surface area contributed by atoms with Gasteiger partial charge in [-0.2, -0.15) is 0 Å². The number of hydrogen-bond donors (Lipinski definition) is 1. The quantitative estimate of drug-likeness (QED) is 0.729. The second-order valence-corrected chi connectivity index (χ2v) is 7.16. The van der Waals surface area contributed by atoms with Crippen LogP contribution in [0.3, 0.4) is 0 Å². The molecule has 140 valence electrons. The van der Waals surface area contributed by atoms with Gasteiger partial charge in [0.15, 0.2) is 10.9 Å². The topological polar surface area (TPSA) is 76.6 Å². The van der Waals surface area contributed by atoms with Crippen molar-refractivity contribution in [1.82, 2.24) is 9.97 Å². The fraction of sp³-hybridized carbons (Fsp3) is 0.316. The Kier molecular flexibility index (Phi) is 5.17. The number of nitrogens with one attached hydrogen (secondary N) is 1. The number of pyridine rings is 1. The molecule has 8 heteroatoms. The van der Waals surface area contributed by atoms with Crippen molar-refractivity contribution in [3.63, 3.8) is 0 Å². The van der Waals surface area contributed by atoms with Crippen molar-refractivity contribution >= 4 is 38.4 Å². The smallest absolute Gasteiger partial charge is 0.230 e. The number of carbonyl (C=O) groups is 1. The molecule has 0 atom stereocenters. The lowest BCUT2D eigenvalue weighted by atomic mass is 10.1. The first-order valence-electron chi connectivity index (χ1n) is 8.74. The summed E-state index contributed by atoms with van der Waals surface area (Å²) in [6, 6.07) is 9.64. The van der Waals surface area contributed by atoms with E-state index in [9.17, 15) is 4.79 Å². The first kappa shape index (κ1) is 17.7. The number of thiazole rings is 1. The van der Waals surface area contributed by atoms with Gasteiger partial charge in [0.25, 0.3) is 0 Å². The third-order valence-corrected chi connectivity index (χ3v) is 5.32. The third kappa shape index (κ3) is 3.86. The zero-order chi connectivity index (χ0) is 18.6. The highest BCUT2D eigenvalue weighted by Gasteiger charge is 2.21. The van der Waals surface area contributed by atoms with Crippen LogP contribution in [0.2, 0.25) is 0 Å². The molecule has 0 aliphatic carbocycles. The van der Waals surface area contributed by atoms with E-state index in [2.05, 4.69) is 20.2 Å². The van der Waals surface area contributed by atoms with Gasteiger partial charge in [0.05, 0.1) is 32.9 Å². The molecule has 1 aliphatic rings. The van der Waals surface area contributed by atoms with Crippen LogP contribution >= 0.6 is 11.3 Å². The van der Waals surface area contributed by atoms with Crippen molar-refractivity contribution in [3.8, 4) is 5.75 Å². The second-order valence-electron chi connectivity index (χ2n) is 6.16. The average Bonchev–Trinajstić information content (AvgIpc) is 3.12.